The average molecular weight is 519 g/mol. The Morgan fingerprint density at radius 3 is 2.47 bits per heavy atom. The molecule has 36 heavy (non-hydrogen) atoms. The van der Waals surface area contributed by atoms with Crippen LogP contribution in [0.4, 0.5) is 18.9 Å². The van der Waals surface area contributed by atoms with E-state index in [-0.39, 0.29) is 29.5 Å². The molecule has 0 radical (unpaired) electrons. The molecule has 0 aromatic heterocycles. The van der Waals surface area contributed by atoms with Crippen LogP contribution in [0.3, 0.4) is 0 Å². The summed E-state index contributed by atoms with van der Waals surface area (Å²) in [5, 5.41) is 11.5. The first kappa shape index (κ1) is 25.4. The molecule has 0 unspecified atom stereocenters. The first-order chi connectivity index (χ1) is 17.2. The van der Waals surface area contributed by atoms with Gasteiger partial charge in [-0.15, -0.1) is 0 Å². The molecule has 1 aliphatic heterocycles. The Labute approximate surface area is 209 Å². The molecular formula is C25H21F3N2O5S. The lowest BCUT2D eigenvalue weighted by atomic mass is 10.2. The minimum atomic E-state index is -4.71. The van der Waals surface area contributed by atoms with Crippen LogP contribution >= 0.6 is 11.8 Å². The zero-order valence-corrected chi connectivity index (χ0v) is 19.8. The second-order valence-electron chi connectivity index (χ2n) is 7.88. The van der Waals surface area contributed by atoms with Crippen molar-refractivity contribution in [3.63, 3.8) is 0 Å². The van der Waals surface area contributed by atoms with Crippen molar-refractivity contribution in [2.24, 2.45) is 0 Å². The Kier molecular flexibility index (Phi) is 7.39. The van der Waals surface area contributed by atoms with Crippen molar-refractivity contribution in [2.45, 2.75) is 29.0 Å². The molecule has 0 spiro atoms. The summed E-state index contributed by atoms with van der Waals surface area (Å²) >= 11 is 0.869. The van der Waals surface area contributed by atoms with Crippen LogP contribution in [-0.2, 0) is 6.18 Å². The number of ether oxygens (including phenoxy) is 2. The van der Waals surface area contributed by atoms with Gasteiger partial charge in [-0.1, -0.05) is 36.0 Å². The number of nitro groups is 1. The van der Waals surface area contributed by atoms with Gasteiger partial charge in [-0.2, -0.15) is 13.2 Å². The van der Waals surface area contributed by atoms with Crippen molar-refractivity contribution in [1.29, 1.82) is 0 Å². The van der Waals surface area contributed by atoms with E-state index in [1.54, 1.807) is 41.3 Å². The number of hydrogen-bond acceptors (Lipinski definition) is 6. The second kappa shape index (κ2) is 10.5. The number of likely N-dealkylation sites (N-methyl/N-ethyl adjacent to an activating group) is 1. The number of benzene rings is 3. The van der Waals surface area contributed by atoms with E-state index in [4.69, 9.17) is 9.47 Å². The number of rotatable bonds is 7. The second-order valence-corrected chi connectivity index (χ2v) is 8.96. The highest BCUT2D eigenvalue weighted by Crippen LogP contribution is 2.40. The van der Waals surface area contributed by atoms with E-state index >= 15 is 0 Å². The smallest absolute Gasteiger partial charge is 0.416 e. The fourth-order valence-corrected chi connectivity index (χ4v) is 4.72. The van der Waals surface area contributed by atoms with Crippen LogP contribution in [0, 0.1) is 10.1 Å². The van der Waals surface area contributed by atoms with Gasteiger partial charge in [0.25, 0.3) is 11.6 Å². The fourth-order valence-electron chi connectivity index (χ4n) is 3.70. The number of nitrogens with zero attached hydrogens (tertiary/aromatic N) is 2. The summed E-state index contributed by atoms with van der Waals surface area (Å²) in [7, 11) is 0. The van der Waals surface area contributed by atoms with Gasteiger partial charge in [0.1, 0.15) is 6.61 Å². The first-order valence-corrected chi connectivity index (χ1v) is 11.8. The summed E-state index contributed by atoms with van der Waals surface area (Å²) in [5.41, 5.74) is -1.53. The Balaban J connectivity index is 1.56. The molecule has 0 N–H and O–H groups in total. The topological polar surface area (TPSA) is 81.9 Å². The highest BCUT2D eigenvalue weighted by Gasteiger charge is 2.33. The Hall–Kier alpha value is -3.73. The number of carbonyl (C=O) groups is 1. The molecule has 1 heterocycles. The molecule has 188 valence electrons. The molecule has 0 bridgehead atoms. The summed E-state index contributed by atoms with van der Waals surface area (Å²) in [6, 6.07) is 16.1. The van der Waals surface area contributed by atoms with Crippen molar-refractivity contribution < 1.29 is 32.4 Å². The summed E-state index contributed by atoms with van der Waals surface area (Å²) < 4.78 is 50.9. The minimum Gasteiger partial charge on any atom is -0.486 e. The van der Waals surface area contributed by atoms with E-state index in [0.717, 1.165) is 23.9 Å². The lowest BCUT2D eigenvalue weighted by molar-refractivity contribution is -0.388. The lowest BCUT2D eigenvalue weighted by Gasteiger charge is -2.31. The number of carbonyl (C=O) groups excluding carboxylic acids is 1. The summed E-state index contributed by atoms with van der Waals surface area (Å²) in [4.78, 5) is 26.0. The van der Waals surface area contributed by atoms with Gasteiger partial charge in [0.15, 0.2) is 17.6 Å². The predicted molar refractivity (Wildman–Crippen MR) is 127 cm³/mol. The van der Waals surface area contributed by atoms with Gasteiger partial charge in [0, 0.05) is 17.5 Å². The third-order valence-corrected chi connectivity index (χ3v) is 6.62. The molecule has 0 aliphatic carbocycles. The third-order valence-electron chi connectivity index (χ3n) is 5.48. The van der Waals surface area contributed by atoms with Crippen molar-refractivity contribution in [3.05, 3.63) is 88.0 Å². The van der Waals surface area contributed by atoms with E-state index in [9.17, 15) is 28.1 Å². The van der Waals surface area contributed by atoms with Gasteiger partial charge in [-0.3, -0.25) is 14.9 Å². The van der Waals surface area contributed by atoms with E-state index in [2.05, 4.69) is 0 Å². The van der Waals surface area contributed by atoms with Crippen LogP contribution in [0.25, 0.3) is 0 Å². The highest BCUT2D eigenvalue weighted by molar-refractivity contribution is 7.99. The normalized spacial score (nSPS) is 14.8. The number of hydrogen-bond donors (Lipinski definition) is 0. The average Bonchev–Trinajstić information content (AvgIpc) is 2.86. The van der Waals surface area contributed by atoms with Crippen LogP contribution < -0.4 is 9.47 Å². The minimum absolute atomic E-state index is 0.00285. The molecule has 3 aromatic rings. The van der Waals surface area contributed by atoms with Crippen molar-refractivity contribution in [2.75, 3.05) is 19.7 Å². The zero-order valence-electron chi connectivity index (χ0n) is 19.0. The molecule has 11 heteroatoms. The number of alkyl halides is 3. The highest BCUT2D eigenvalue weighted by atomic mass is 32.2. The number of para-hydroxylation sites is 2. The standard InChI is InChI=1S/C25H21F3N2O5S/c1-2-29(14-17-15-34-20-8-4-5-9-21(20)35-17)24(31)18-7-3-6-10-22(18)36-23-12-11-16(25(26,27)28)13-19(23)30(32)33/h3-13,17H,2,14-15H2,1H3/t17-/m1/s1. The van der Waals surface area contributed by atoms with Crippen LogP contribution in [0.1, 0.15) is 22.8 Å². The maximum atomic E-state index is 13.4. The van der Waals surface area contributed by atoms with E-state index in [0.29, 0.717) is 29.0 Å². The Morgan fingerprint density at radius 1 is 1.08 bits per heavy atom. The van der Waals surface area contributed by atoms with Crippen molar-refractivity contribution >= 4 is 23.4 Å². The maximum Gasteiger partial charge on any atom is 0.416 e. The largest absolute Gasteiger partial charge is 0.486 e. The van der Waals surface area contributed by atoms with Crippen LogP contribution in [-0.4, -0.2) is 41.5 Å². The Bertz CT molecular complexity index is 1280. The van der Waals surface area contributed by atoms with Crippen LogP contribution in [0.5, 0.6) is 11.5 Å². The lowest BCUT2D eigenvalue weighted by Crippen LogP contribution is -2.43. The molecule has 0 saturated heterocycles. The molecule has 1 amide bonds. The van der Waals surface area contributed by atoms with E-state index in [1.807, 2.05) is 19.1 Å². The van der Waals surface area contributed by atoms with Gasteiger partial charge in [-0.05, 0) is 43.3 Å². The number of amides is 1. The fraction of sp³-hybridized carbons (Fsp3) is 0.240. The van der Waals surface area contributed by atoms with Gasteiger partial charge < -0.3 is 14.4 Å². The van der Waals surface area contributed by atoms with Crippen LogP contribution in [0.15, 0.2) is 76.5 Å². The van der Waals surface area contributed by atoms with Crippen molar-refractivity contribution in [1.82, 2.24) is 4.90 Å². The number of halogens is 3. The van der Waals surface area contributed by atoms with E-state index < -0.39 is 28.5 Å². The quantitative estimate of drug-likeness (QED) is 0.279. The van der Waals surface area contributed by atoms with Gasteiger partial charge >= 0.3 is 6.18 Å². The summed E-state index contributed by atoms with van der Waals surface area (Å²) in [5.74, 6) is 0.878. The van der Waals surface area contributed by atoms with E-state index in [1.165, 1.54) is 0 Å². The molecule has 3 aromatic carbocycles. The van der Waals surface area contributed by atoms with Gasteiger partial charge in [-0.25, -0.2) is 0 Å². The SMILES string of the molecule is CCN(C[C@@H]1COc2ccccc2O1)C(=O)c1ccccc1Sc1ccc(C(F)(F)F)cc1[N+](=O)[O-]. The van der Waals surface area contributed by atoms with Gasteiger partial charge in [0.05, 0.1) is 27.5 Å². The Morgan fingerprint density at radius 2 is 1.78 bits per heavy atom. The van der Waals surface area contributed by atoms with Crippen LogP contribution in [0.2, 0.25) is 0 Å². The molecule has 7 nitrogen and oxygen atoms in total. The molecule has 1 atom stereocenters. The molecule has 0 fully saturated rings. The molecule has 1 aliphatic rings. The zero-order chi connectivity index (χ0) is 25.9. The number of fused-ring (bicyclic) bond motifs is 1. The summed E-state index contributed by atoms with van der Waals surface area (Å²) in [6.45, 7) is 2.67. The monoisotopic (exact) mass is 518 g/mol. The first-order valence-electron chi connectivity index (χ1n) is 11.0. The maximum absolute atomic E-state index is 13.4. The van der Waals surface area contributed by atoms with Crippen molar-refractivity contribution in [3.8, 4) is 11.5 Å². The third kappa shape index (κ3) is 5.56. The molecule has 4 rings (SSSR count). The predicted octanol–water partition coefficient (Wildman–Crippen LogP) is 6.07. The summed E-state index contributed by atoms with van der Waals surface area (Å²) in [6.07, 6.45) is -5.12. The molecular weight excluding hydrogens is 497 g/mol. The molecule has 0 saturated carbocycles. The van der Waals surface area contributed by atoms with Gasteiger partial charge in [0.2, 0.25) is 0 Å². The number of nitro benzene ring substituents is 1.